The molecule has 0 amide bonds. The quantitative estimate of drug-likeness (QED) is 0.765. The molecule has 0 aliphatic heterocycles. The van der Waals surface area contributed by atoms with Crippen LogP contribution in [0.2, 0.25) is 0 Å². The third-order valence-electron chi connectivity index (χ3n) is 3.16. The van der Waals surface area contributed by atoms with Crippen molar-refractivity contribution >= 4 is 21.7 Å². The molecule has 0 unspecified atom stereocenters. The van der Waals surface area contributed by atoms with Gasteiger partial charge in [0.15, 0.2) is 17.3 Å². The Morgan fingerprint density at radius 2 is 2.19 bits per heavy atom. The summed E-state index contributed by atoms with van der Waals surface area (Å²) in [5.74, 6) is -0.602. The highest BCUT2D eigenvalue weighted by Crippen LogP contribution is 2.24. The van der Waals surface area contributed by atoms with Gasteiger partial charge in [-0.15, -0.1) is 0 Å². The van der Waals surface area contributed by atoms with E-state index >= 15 is 0 Å². The van der Waals surface area contributed by atoms with E-state index in [-0.39, 0.29) is 18.1 Å². The third kappa shape index (κ3) is 3.32. The van der Waals surface area contributed by atoms with Crippen LogP contribution < -0.4 is 4.74 Å². The van der Waals surface area contributed by atoms with Crippen molar-refractivity contribution in [1.82, 2.24) is 9.78 Å². The Kier molecular flexibility index (Phi) is 4.77. The Bertz CT molecular complexity index is 683. The fourth-order valence-electron chi connectivity index (χ4n) is 1.99. The zero-order valence-electron chi connectivity index (χ0n) is 12.1. The minimum Gasteiger partial charge on any atom is -0.484 e. The van der Waals surface area contributed by atoms with E-state index in [0.717, 1.165) is 15.9 Å². The van der Waals surface area contributed by atoms with Gasteiger partial charge in [0, 0.05) is 12.1 Å². The van der Waals surface area contributed by atoms with Crippen molar-refractivity contribution in [2.45, 2.75) is 33.9 Å². The summed E-state index contributed by atoms with van der Waals surface area (Å²) < 4.78 is 22.1. The van der Waals surface area contributed by atoms with Crippen molar-refractivity contribution < 1.29 is 13.9 Å². The Morgan fingerprint density at radius 3 is 2.76 bits per heavy atom. The number of nitrogens with zero attached hydrogens (tertiary/aromatic N) is 2. The lowest BCUT2D eigenvalue weighted by atomic mass is 10.1. The molecule has 6 heteroatoms. The monoisotopic (exact) mass is 354 g/mol. The summed E-state index contributed by atoms with van der Waals surface area (Å²) in [4.78, 5) is 11.2. The van der Waals surface area contributed by atoms with Crippen LogP contribution in [0.4, 0.5) is 4.39 Å². The summed E-state index contributed by atoms with van der Waals surface area (Å²) in [6, 6.07) is 4.22. The molecule has 0 spiro atoms. The molecule has 0 atom stereocenters. The molecule has 2 aromatic rings. The van der Waals surface area contributed by atoms with Crippen LogP contribution in [0.1, 0.15) is 35.6 Å². The van der Waals surface area contributed by atoms with E-state index in [9.17, 15) is 9.18 Å². The van der Waals surface area contributed by atoms with Crippen LogP contribution in [0.25, 0.3) is 0 Å². The van der Waals surface area contributed by atoms with Crippen molar-refractivity contribution in [2.75, 3.05) is 0 Å². The zero-order chi connectivity index (χ0) is 15.6. The molecule has 2 rings (SSSR count). The van der Waals surface area contributed by atoms with E-state index < -0.39 is 5.82 Å². The lowest BCUT2D eigenvalue weighted by molar-refractivity contribution is 0.101. The molecule has 0 N–H and O–H groups in total. The first kappa shape index (κ1) is 15.7. The number of rotatable bonds is 5. The molecule has 112 valence electrons. The third-order valence-corrected chi connectivity index (χ3v) is 4.19. The van der Waals surface area contributed by atoms with E-state index in [1.165, 1.54) is 19.1 Å². The van der Waals surface area contributed by atoms with E-state index in [1.807, 2.05) is 13.8 Å². The van der Waals surface area contributed by atoms with Gasteiger partial charge in [0.1, 0.15) is 6.61 Å². The smallest absolute Gasteiger partial charge is 0.165 e. The Balaban J connectivity index is 2.19. The Labute approximate surface area is 131 Å². The second-order valence-corrected chi connectivity index (χ2v) is 5.44. The predicted molar refractivity (Wildman–Crippen MR) is 81.1 cm³/mol. The first-order valence-electron chi connectivity index (χ1n) is 6.59. The molecule has 0 fully saturated rings. The predicted octanol–water partition coefficient (Wildman–Crippen LogP) is 3.89. The number of carbonyl (C=O) groups excluding carboxylic acids is 1. The van der Waals surface area contributed by atoms with Gasteiger partial charge in [0.05, 0.1) is 15.9 Å². The molecule has 1 aromatic carbocycles. The molecular formula is C15H16BrFN2O2. The number of Topliss-reactive ketones (excluding diaryl/α,β-unsaturated/α-hetero) is 1. The molecule has 0 saturated heterocycles. The highest BCUT2D eigenvalue weighted by atomic mass is 79.9. The molecule has 21 heavy (non-hydrogen) atoms. The van der Waals surface area contributed by atoms with Crippen LogP contribution >= 0.6 is 15.9 Å². The van der Waals surface area contributed by atoms with Gasteiger partial charge in [-0.2, -0.15) is 5.10 Å². The minimum atomic E-state index is -0.543. The molecule has 1 aromatic heterocycles. The highest BCUT2D eigenvalue weighted by molar-refractivity contribution is 9.10. The summed E-state index contributed by atoms with van der Waals surface area (Å²) in [5.41, 5.74) is 2.04. The van der Waals surface area contributed by atoms with Gasteiger partial charge in [0.25, 0.3) is 0 Å². The number of ether oxygens (including phenoxy) is 1. The molecule has 0 aliphatic carbocycles. The van der Waals surface area contributed by atoms with Gasteiger partial charge in [0.2, 0.25) is 0 Å². The number of hydrogen-bond acceptors (Lipinski definition) is 3. The second kappa shape index (κ2) is 6.39. The molecule has 0 bridgehead atoms. The van der Waals surface area contributed by atoms with Crippen molar-refractivity contribution in [2.24, 2.45) is 0 Å². The van der Waals surface area contributed by atoms with Crippen LogP contribution in [-0.2, 0) is 13.2 Å². The van der Waals surface area contributed by atoms with Gasteiger partial charge in [-0.05, 0) is 54.9 Å². The lowest BCUT2D eigenvalue weighted by Gasteiger charge is -2.10. The number of ketones is 1. The number of benzene rings is 1. The summed E-state index contributed by atoms with van der Waals surface area (Å²) in [6.07, 6.45) is 0. The number of halogens is 2. The normalized spacial score (nSPS) is 10.7. The average molecular weight is 355 g/mol. The topological polar surface area (TPSA) is 44.1 Å². The average Bonchev–Trinajstić information content (AvgIpc) is 2.72. The molecule has 0 aliphatic rings. The van der Waals surface area contributed by atoms with Gasteiger partial charge in [-0.25, -0.2) is 4.39 Å². The standard InChI is InChI=1S/C15H16BrFN2O2/c1-4-19-13(15(16)9(2)18-19)8-21-14-6-5-11(10(3)20)7-12(14)17/h5-7H,4,8H2,1-3H3. The summed E-state index contributed by atoms with van der Waals surface area (Å²) in [5, 5.41) is 4.35. The molecule has 1 heterocycles. The summed E-state index contributed by atoms with van der Waals surface area (Å²) in [7, 11) is 0. The van der Waals surface area contributed by atoms with Crippen LogP contribution in [0.15, 0.2) is 22.7 Å². The number of carbonyl (C=O) groups is 1. The highest BCUT2D eigenvalue weighted by Gasteiger charge is 2.14. The zero-order valence-corrected chi connectivity index (χ0v) is 13.7. The molecule has 0 radical (unpaired) electrons. The van der Waals surface area contributed by atoms with Gasteiger partial charge < -0.3 is 4.74 Å². The minimum absolute atomic E-state index is 0.119. The Morgan fingerprint density at radius 1 is 1.48 bits per heavy atom. The second-order valence-electron chi connectivity index (χ2n) is 4.65. The van der Waals surface area contributed by atoms with Crippen LogP contribution in [0.5, 0.6) is 5.75 Å². The van der Waals surface area contributed by atoms with Gasteiger partial charge >= 0.3 is 0 Å². The Hall–Kier alpha value is -1.69. The van der Waals surface area contributed by atoms with E-state index in [0.29, 0.717) is 12.1 Å². The van der Waals surface area contributed by atoms with Crippen molar-refractivity contribution in [3.63, 3.8) is 0 Å². The number of aryl methyl sites for hydroxylation is 2. The van der Waals surface area contributed by atoms with Gasteiger partial charge in [-0.3, -0.25) is 9.48 Å². The van der Waals surface area contributed by atoms with Crippen LogP contribution in [0, 0.1) is 12.7 Å². The van der Waals surface area contributed by atoms with Crippen molar-refractivity contribution in [1.29, 1.82) is 0 Å². The molecular weight excluding hydrogens is 339 g/mol. The SMILES string of the molecule is CCn1nc(C)c(Br)c1COc1ccc(C(C)=O)cc1F. The largest absolute Gasteiger partial charge is 0.484 e. The number of hydrogen-bond donors (Lipinski definition) is 0. The van der Waals surface area contributed by atoms with Crippen LogP contribution in [0.3, 0.4) is 0 Å². The van der Waals surface area contributed by atoms with E-state index in [2.05, 4.69) is 21.0 Å². The van der Waals surface area contributed by atoms with Gasteiger partial charge in [-0.1, -0.05) is 0 Å². The lowest BCUT2D eigenvalue weighted by Crippen LogP contribution is -2.07. The maximum atomic E-state index is 13.9. The van der Waals surface area contributed by atoms with Crippen molar-refractivity contribution in [3.8, 4) is 5.75 Å². The first-order valence-corrected chi connectivity index (χ1v) is 7.38. The maximum absolute atomic E-state index is 13.9. The van der Waals surface area contributed by atoms with E-state index in [4.69, 9.17) is 4.74 Å². The van der Waals surface area contributed by atoms with Crippen molar-refractivity contribution in [3.05, 3.63) is 45.4 Å². The molecule has 4 nitrogen and oxygen atoms in total. The number of aromatic nitrogens is 2. The molecule has 0 saturated carbocycles. The fraction of sp³-hybridized carbons (Fsp3) is 0.333. The van der Waals surface area contributed by atoms with E-state index in [1.54, 1.807) is 10.7 Å². The maximum Gasteiger partial charge on any atom is 0.165 e. The summed E-state index contributed by atoms with van der Waals surface area (Å²) >= 11 is 3.46. The fourth-order valence-corrected chi connectivity index (χ4v) is 2.39. The first-order chi connectivity index (χ1) is 9.93. The summed E-state index contributed by atoms with van der Waals surface area (Å²) in [6.45, 7) is 6.17. The van der Waals surface area contributed by atoms with Crippen LogP contribution in [-0.4, -0.2) is 15.6 Å².